The van der Waals surface area contributed by atoms with Crippen LogP contribution < -0.4 is 0 Å². The monoisotopic (exact) mass is 581 g/mol. The van der Waals surface area contributed by atoms with Gasteiger partial charge in [0.2, 0.25) is 0 Å². The summed E-state index contributed by atoms with van der Waals surface area (Å²) >= 11 is -4.64. The van der Waals surface area contributed by atoms with Crippen molar-refractivity contribution in [1.29, 1.82) is 0 Å². The topological polar surface area (TPSA) is 26.3 Å². The molecule has 0 amide bonds. The molecule has 2 aliphatic carbocycles. The Morgan fingerprint density at radius 1 is 0.647 bits per heavy atom. The summed E-state index contributed by atoms with van der Waals surface area (Å²) in [6.07, 6.45) is 8.09. The van der Waals surface area contributed by atoms with Gasteiger partial charge in [-0.1, -0.05) is 0 Å². The molecule has 2 aromatic heterocycles. The Kier molecular flexibility index (Phi) is 5.39. The van der Waals surface area contributed by atoms with Gasteiger partial charge in [-0.2, -0.15) is 0 Å². The first kappa shape index (κ1) is 22.6. The zero-order valence-corrected chi connectivity index (χ0v) is 24.2. The van der Waals surface area contributed by atoms with E-state index in [1.807, 2.05) is 24.3 Å². The zero-order valence-electron chi connectivity index (χ0n) is 19.0. The maximum absolute atomic E-state index is 8.14. The van der Waals surface area contributed by atoms with Gasteiger partial charge >= 0.3 is 210 Å². The van der Waals surface area contributed by atoms with Crippen LogP contribution in [0.3, 0.4) is 0 Å². The Morgan fingerprint density at radius 2 is 1.09 bits per heavy atom. The maximum atomic E-state index is 8.14. The SMILES string of the molecule is C[SiH](C)[Zr]([Cl])([Cl])([CH]1C=C(c2ccco2)c2ccccc21)[CH]1C=C(c2ccco2)c2ccccc21. The third-order valence-corrected chi connectivity index (χ3v) is 59.7. The van der Waals surface area contributed by atoms with Crippen LogP contribution in [0.15, 0.2) is 106 Å². The van der Waals surface area contributed by atoms with Crippen LogP contribution in [0.1, 0.15) is 41.0 Å². The van der Waals surface area contributed by atoms with Crippen LogP contribution >= 0.6 is 17.0 Å². The van der Waals surface area contributed by atoms with E-state index in [2.05, 4.69) is 73.8 Å². The molecule has 0 fully saturated rings. The molecule has 0 radical (unpaired) electrons. The Bertz CT molecular complexity index is 1330. The first-order valence-electron chi connectivity index (χ1n) is 11.7. The van der Waals surface area contributed by atoms with Gasteiger partial charge in [0.05, 0.1) is 0 Å². The number of hydrogen-bond acceptors (Lipinski definition) is 2. The standard InChI is InChI=1S/2C13H9O.C2H7Si.2ClH.Zr/c2*1-2-5-11-10(4-1)7-8-12(11)13-6-3-9-14-13;1-3-2;;;/h2*1-9H;3H,1-2H3;2*1H;/q;;;;;+2/p-2. The van der Waals surface area contributed by atoms with Gasteiger partial charge in [-0.25, -0.2) is 0 Å². The van der Waals surface area contributed by atoms with Crippen molar-refractivity contribution in [1.82, 2.24) is 0 Å². The van der Waals surface area contributed by atoms with Crippen LogP contribution in [-0.4, -0.2) is 5.92 Å². The molecule has 2 aromatic carbocycles. The summed E-state index contributed by atoms with van der Waals surface area (Å²) in [7, 11) is 16.3. The van der Waals surface area contributed by atoms with Gasteiger partial charge in [0.15, 0.2) is 0 Å². The molecular weight excluding hydrogens is 559 g/mol. The van der Waals surface area contributed by atoms with Gasteiger partial charge in [-0.3, -0.25) is 0 Å². The minimum absolute atomic E-state index is 0.0120. The van der Waals surface area contributed by atoms with Crippen LogP contribution in [0, 0.1) is 0 Å². The number of furan rings is 2. The first-order chi connectivity index (χ1) is 16.4. The second kappa shape index (κ2) is 8.10. The molecule has 0 aliphatic heterocycles. The molecule has 2 atom stereocenters. The van der Waals surface area contributed by atoms with Crippen LogP contribution in [0.5, 0.6) is 0 Å². The van der Waals surface area contributed by atoms with Crippen molar-refractivity contribution >= 4 is 34.1 Å². The van der Waals surface area contributed by atoms with Crippen LogP contribution in [-0.2, 0) is 15.6 Å². The van der Waals surface area contributed by atoms with Crippen molar-refractivity contribution in [2.75, 3.05) is 0 Å². The third-order valence-electron chi connectivity index (χ3n) is 7.70. The summed E-state index contributed by atoms with van der Waals surface area (Å²) in [6.45, 7) is 4.68. The molecule has 0 saturated heterocycles. The van der Waals surface area contributed by atoms with Gasteiger partial charge in [0.1, 0.15) is 0 Å². The van der Waals surface area contributed by atoms with E-state index in [0.717, 1.165) is 22.7 Å². The van der Waals surface area contributed by atoms with Gasteiger partial charge in [0.25, 0.3) is 0 Å². The fourth-order valence-electron chi connectivity index (χ4n) is 5.84. The van der Waals surface area contributed by atoms with E-state index in [1.165, 1.54) is 22.3 Å². The Hall–Kier alpha value is -1.84. The molecule has 2 aliphatic rings. The quantitative estimate of drug-likeness (QED) is 0.220. The Morgan fingerprint density at radius 3 is 1.47 bits per heavy atom. The van der Waals surface area contributed by atoms with Crippen molar-refractivity contribution in [3.8, 4) is 0 Å². The molecule has 34 heavy (non-hydrogen) atoms. The normalized spacial score (nSPS) is 20.4. The van der Waals surface area contributed by atoms with Crippen molar-refractivity contribution in [3.63, 3.8) is 0 Å². The summed E-state index contributed by atoms with van der Waals surface area (Å²) in [5, 5.41) is 0. The molecule has 6 heteroatoms. The molecule has 6 rings (SSSR count). The second-order valence-electron chi connectivity index (χ2n) is 9.63. The molecule has 4 aromatic rings. The van der Waals surface area contributed by atoms with Crippen LogP contribution in [0.4, 0.5) is 0 Å². The molecule has 0 saturated carbocycles. The summed E-state index contributed by atoms with van der Waals surface area (Å²) in [6, 6.07) is 25.0. The van der Waals surface area contributed by atoms with Crippen molar-refractivity contribution in [3.05, 3.63) is 131 Å². The van der Waals surface area contributed by atoms with Crippen molar-refractivity contribution < 1.29 is 24.4 Å². The van der Waals surface area contributed by atoms with Gasteiger partial charge < -0.3 is 0 Å². The second-order valence-corrected chi connectivity index (χ2v) is 52.4. The van der Waals surface area contributed by atoms with E-state index in [9.17, 15) is 0 Å². The predicted octanol–water partition coefficient (Wildman–Crippen LogP) is 8.53. The van der Waals surface area contributed by atoms with E-state index in [1.54, 1.807) is 12.5 Å². The van der Waals surface area contributed by atoms with Gasteiger partial charge in [-0.05, 0) is 0 Å². The Balaban J connectivity index is 1.60. The molecule has 2 heterocycles. The van der Waals surface area contributed by atoms with E-state index in [4.69, 9.17) is 25.9 Å². The third kappa shape index (κ3) is 3.15. The first-order valence-corrected chi connectivity index (χ1v) is 28.0. The summed E-state index contributed by atoms with van der Waals surface area (Å²) in [4.78, 5) is 0. The van der Waals surface area contributed by atoms with Crippen molar-refractivity contribution in [2.45, 2.75) is 20.3 Å². The minimum atomic E-state index is -4.64. The molecule has 0 spiro atoms. The van der Waals surface area contributed by atoms with Gasteiger partial charge in [-0.15, -0.1) is 0 Å². The number of allylic oxidation sites excluding steroid dienone is 2. The summed E-state index contributed by atoms with van der Waals surface area (Å²) in [5.41, 5.74) is 7.04. The fraction of sp³-hybridized carbons (Fsp3) is 0.143. The summed E-state index contributed by atoms with van der Waals surface area (Å²) < 4.78 is 11.7. The zero-order chi connectivity index (χ0) is 23.5. The average Bonchev–Trinajstić information content (AvgIpc) is 3.64. The van der Waals surface area contributed by atoms with Crippen LogP contribution in [0.25, 0.3) is 11.1 Å². The fourth-order valence-corrected chi connectivity index (χ4v) is 32.9. The average molecular weight is 584 g/mol. The molecule has 2 unspecified atom stereocenters. The van der Waals surface area contributed by atoms with E-state index >= 15 is 0 Å². The Labute approximate surface area is 208 Å². The molecule has 2 nitrogen and oxygen atoms in total. The number of rotatable bonds is 5. The molecular formula is C28H25Cl2O2SiZr. The van der Waals surface area contributed by atoms with E-state index in [-0.39, 0.29) is 7.25 Å². The number of fused-ring (bicyclic) bond motifs is 2. The number of halogens is 2. The van der Waals surface area contributed by atoms with Crippen molar-refractivity contribution in [2.24, 2.45) is 0 Å². The molecule has 171 valence electrons. The molecule has 0 bridgehead atoms. The summed E-state index contributed by atoms with van der Waals surface area (Å²) in [5.74, 6) is 0.169. The van der Waals surface area contributed by atoms with E-state index < -0.39 is 21.5 Å². The molecule has 0 N–H and O–H groups in total. The number of benzene rings is 2. The predicted molar refractivity (Wildman–Crippen MR) is 141 cm³/mol. The van der Waals surface area contributed by atoms with Gasteiger partial charge in [0, 0.05) is 0 Å². The van der Waals surface area contributed by atoms with Crippen LogP contribution in [0.2, 0.25) is 13.1 Å². The number of hydrogen-bond donors (Lipinski definition) is 0. The van der Waals surface area contributed by atoms with E-state index in [0.29, 0.717) is 0 Å².